The Morgan fingerprint density at radius 2 is 1.94 bits per heavy atom. The molecule has 17 heavy (non-hydrogen) atoms. The summed E-state index contributed by atoms with van der Waals surface area (Å²) in [5, 5.41) is 3.42. The number of nitrogens with two attached hydrogens (primary N) is 1. The SMILES string of the molecule is CCC(C)(C)CN=C(NN)NC1CCCCC1. The van der Waals surface area contributed by atoms with Gasteiger partial charge in [0.15, 0.2) is 0 Å². The lowest BCUT2D eigenvalue weighted by atomic mass is 9.91. The normalized spacial score (nSPS) is 19.2. The number of nitrogens with one attached hydrogen (secondary N) is 2. The first-order chi connectivity index (χ1) is 8.07. The van der Waals surface area contributed by atoms with Crippen LogP contribution in [0.5, 0.6) is 0 Å². The van der Waals surface area contributed by atoms with Crippen LogP contribution in [0.25, 0.3) is 0 Å². The highest BCUT2D eigenvalue weighted by Crippen LogP contribution is 2.20. The Morgan fingerprint density at radius 1 is 1.29 bits per heavy atom. The smallest absolute Gasteiger partial charge is 0.205 e. The highest BCUT2D eigenvalue weighted by molar-refractivity contribution is 5.79. The molecule has 0 aromatic heterocycles. The summed E-state index contributed by atoms with van der Waals surface area (Å²) in [5.74, 6) is 6.27. The maximum absolute atomic E-state index is 5.52. The van der Waals surface area contributed by atoms with Crippen molar-refractivity contribution in [2.75, 3.05) is 6.54 Å². The summed E-state index contributed by atoms with van der Waals surface area (Å²) in [6.07, 6.45) is 7.59. The molecule has 1 aliphatic rings. The highest BCUT2D eigenvalue weighted by Gasteiger charge is 2.17. The molecule has 4 N–H and O–H groups in total. The zero-order valence-corrected chi connectivity index (χ0v) is 11.6. The average molecular weight is 240 g/mol. The lowest BCUT2D eigenvalue weighted by Gasteiger charge is -2.25. The van der Waals surface area contributed by atoms with Crippen molar-refractivity contribution in [3.63, 3.8) is 0 Å². The number of nitrogens with zero attached hydrogens (tertiary/aromatic N) is 1. The minimum atomic E-state index is 0.246. The maximum Gasteiger partial charge on any atom is 0.205 e. The molecule has 100 valence electrons. The summed E-state index contributed by atoms with van der Waals surface area (Å²) in [5.41, 5.74) is 2.93. The molecular formula is C13H28N4. The van der Waals surface area contributed by atoms with Crippen LogP contribution in [-0.2, 0) is 0 Å². The topological polar surface area (TPSA) is 62.4 Å². The number of hydrazine groups is 1. The molecular weight excluding hydrogens is 212 g/mol. The molecule has 1 fully saturated rings. The lowest BCUT2D eigenvalue weighted by Crippen LogP contribution is -2.47. The standard InChI is InChI=1S/C13H28N4/c1-4-13(2,3)10-15-12(17-14)16-11-8-6-5-7-9-11/h11H,4-10,14H2,1-3H3,(H2,15,16,17). The Kier molecular flexibility index (Phi) is 5.75. The zero-order chi connectivity index (χ0) is 12.7. The molecule has 0 amide bonds. The van der Waals surface area contributed by atoms with Crippen molar-refractivity contribution in [2.45, 2.75) is 65.3 Å². The number of hydrogen-bond donors (Lipinski definition) is 3. The van der Waals surface area contributed by atoms with Gasteiger partial charge in [-0.1, -0.05) is 40.0 Å². The van der Waals surface area contributed by atoms with Crippen LogP contribution in [0.2, 0.25) is 0 Å². The first kappa shape index (κ1) is 14.3. The Morgan fingerprint density at radius 3 is 2.47 bits per heavy atom. The predicted molar refractivity (Wildman–Crippen MR) is 73.7 cm³/mol. The third-order valence-corrected chi connectivity index (χ3v) is 3.71. The Labute approximate surface area is 105 Å². The highest BCUT2D eigenvalue weighted by atomic mass is 15.3. The fraction of sp³-hybridized carbons (Fsp3) is 0.923. The van der Waals surface area contributed by atoms with Crippen LogP contribution >= 0.6 is 0 Å². The van der Waals surface area contributed by atoms with Gasteiger partial charge in [-0.3, -0.25) is 10.4 Å². The molecule has 1 rings (SSSR count). The van der Waals surface area contributed by atoms with Gasteiger partial charge in [0.1, 0.15) is 0 Å². The first-order valence-electron chi connectivity index (χ1n) is 6.85. The van der Waals surface area contributed by atoms with Crippen molar-refractivity contribution in [3.8, 4) is 0 Å². The summed E-state index contributed by atoms with van der Waals surface area (Å²) in [6, 6.07) is 0.545. The van der Waals surface area contributed by atoms with Gasteiger partial charge < -0.3 is 5.32 Å². The minimum Gasteiger partial charge on any atom is -0.353 e. The third kappa shape index (κ3) is 5.39. The van der Waals surface area contributed by atoms with E-state index in [-0.39, 0.29) is 5.41 Å². The van der Waals surface area contributed by atoms with Crippen LogP contribution < -0.4 is 16.6 Å². The van der Waals surface area contributed by atoms with E-state index in [1.54, 1.807) is 0 Å². The molecule has 0 aromatic rings. The van der Waals surface area contributed by atoms with Gasteiger partial charge >= 0.3 is 0 Å². The van der Waals surface area contributed by atoms with E-state index in [0.717, 1.165) is 18.9 Å². The van der Waals surface area contributed by atoms with Crippen molar-refractivity contribution in [1.29, 1.82) is 0 Å². The Balaban J connectivity index is 2.43. The lowest BCUT2D eigenvalue weighted by molar-refractivity contribution is 0.363. The molecule has 0 heterocycles. The maximum atomic E-state index is 5.52. The van der Waals surface area contributed by atoms with Crippen LogP contribution in [0, 0.1) is 5.41 Å². The molecule has 1 saturated carbocycles. The number of rotatable bonds is 4. The Hall–Kier alpha value is -0.770. The van der Waals surface area contributed by atoms with Gasteiger partial charge in [0.05, 0.1) is 0 Å². The predicted octanol–water partition coefficient (Wildman–Crippen LogP) is 2.16. The Bertz CT molecular complexity index is 242. The van der Waals surface area contributed by atoms with Crippen molar-refractivity contribution in [3.05, 3.63) is 0 Å². The van der Waals surface area contributed by atoms with Gasteiger partial charge in [-0.05, 0) is 24.7 Å². The van der Waals surface area contributed by atoms with E-state index in [9.17, 15) is 0 Å². The van der Waals surface area contributed by atoms with Gasteiger partial charge in [-0.2, -0.15) is 0 Å². The van der Waals surface area contributed by atoms with E-state index in [2.05, 4.69) is 36.5 Å². The second-order valence-corrected chi connectivity index (χ2v) is 5.81. The number of aliphatic imine (C=N–C) groups is 1. The molecule has 4 heteroatoms. The van der Waals surface area contributed by atoms with Crippen LogP contribution in [-0.4, -0.2) is 18.5 Å². The van der Waals surface area contributed by atoms with Gasteiger partial charge in [-0.15, -0.1) is 0 Å². The van der Waals surface area contributed by atoms with Crippen LogP contribution in [0.15, 0.2) is 4.99 Å². The molecule has 1 aliphatic carbocycles. The fourth-order valence-corrected chi connectivity index (χ4v) is 1.98. The van der Waals surface area contributed by atoms with Crippen LogP contribution in [0.1, 0.15) is 59.3 Å². The molecule has 0 spiro atoms. The first-order valence-corrected chi connectivity index (χ1v) is 6.85. The summed E-state index contributed by atoms with van der Waals surface area (Å²) in [4.78, 5) is 4.55. The number of guanidine groups is 1. The fourth-order valence-electron chi connectivity index (χ4n) is 1.98. The van der Waals surface area contributed by atoms with E-state index in [1.165, 1.54) is 32.1 Å². The largest absolute Gasteiger partial charge is 0.353 e. The summed E-state index contributed by atoms with van der Waals surface area (Å²) < 4.78 is 0. The van der Waals surface area contributed by atoms with Crippen molar-refractivity contribution < 1.29 is 0 Å². The molecule has 0 bridgehead atoms. The summed E-state index contributed by atoms with van der Waals surface area (Å²) >= 11 is 0. The molecule has 0 atom stereocenters. The monoisotopic (exact) mass is 240 g/mol. The van der Waals surface area contributed by atoms with E-state index in [0.29, 0.717) is 6.04 Å². The van der Waals surface area contributed by atoms with E-state index < -0.39 is 0 Å². The third-order valence-electron chi connectivity index (χ3n) is 3.71. The van der Waals surface area contributed by atoms with Gasteiger partial charge in [0.25, 0.3) is 0 Å². The van der Waals surface area contributed by atoms with E-state index in [4.69, 9.17) is 5.84 Å². The van der Waals surface area contributed by atoms with Crippen LogP contribution in [0.4, 0.5) is 0 Å². The molecule has 0 radical (unpaired) electrons. The van der Waals surface area contributed by atoms with E-state index in [1.807, 2.05) is 0 Å². The van der Waals surface area contributed by atoms with Crippen LogP contribution in [0.3, 0.4) is 0 Å². The van der Waals surface area contributed by atoms with Crippen molar-refractivity contribution in [1.82, 2.24) is 10.7 Å². The summed E-state index contributed by atoms with van der Waals surface area (Å²) in [6.45, 7) is 7.46. The molecule has 4 nitrogen and oxygen atoms in total. The van der Waals surface area contributed by atoms with Gasteiger partial charge in [0, 0.05) is 12.6 Å². The second-order valence-electron chi connectivity index (χ2n) is 5.81. The summed E-state index contributed by atoms with van der Waals surface area (Å²) in [7, 11) is 0. The quantitative estimate of drug-likeness (QED) is 0.305. The minimum absolute atomic E-state index is 0.246. The molecule has 0 aromatic carbocycles. The molecule has 0 unspecified atom stereocenters. The molecule has 0 saturated heterocycles. The molecule has 0 aliphatic heterocycles. The second kappa shape index (κ2) is 6.84. The van der Waals surface area contributed by atoms with Gasteiger partial charge in [0.2, 0.25) is 5.96 Å². The number of hydrogen-bond acceptors (Lipinski definition) is 2. The average Bonchev–Trinajstić information content (AvgIpc) is 2.35. The zero-order valence-electron chi connectivity index (χ0n) is 11.6. The van der Waals surface area contributed by atoms with Crippen molar-refractivity contribution >= 4 is 5.96 Å². The van der Waals surface area contributed by atoms with Gasteiger partial charge in [-0.25, -0.2) is 5.84 Å². The van der Waals surface area contributed by atoms with E-state index >= 15 is 0 Å². The van der Waals surface area contributed by atoms with Crippen molar-refractivity contribution in [2.24, 2.45) is 16.3 Å².